The molecule has 0 bridgehead atoms. The third-order valence-electron chi connectivity index (χ3n) is 2.37. The third kappa shape index (κ3) is 5.10. The first-order chi connectivity index (χ1) is 9.00. The third-order valence-corrected chi connectivity index (χ3v) is 3.45. The number of nitrogens with zero attached hydrogens (tertiary/aromatic N) is 1. The molecular formula is C11H17F3N2O3S. The Labute approximate surface area is 119 Å². The van der Waals surface area contributed by atoms with Crippen LogP contribution in [0.2, 0.25) is 0 Å². The molecule has 0 aromatic heterocycles. The summed E-state index contributed by atoms with van der Waals surface area (Å²) < 4.78 is 41.4. The van der Waals surface area contributed by atoms with E-state index in [1.54, 1.807) is 26.1 Å². The van der Waals surface area contributed by atoms with E-state index >= 15 is 0 Å². The Balaban J connectivity index is 2.54. The van der Waals surface area contributed by atoms with Crippen LogP contribution in [-0.2, 0) is 9.53 Å². The van der Waals surface area contributed by atoms with Gasteiger partial charge in [0.25, 0.3) is 0 Å². The maximum Gasteiger partial charge on any atom is 0.471 e. The molecule has 1 aliphatic heterocycles. The molecule has 20 heavy (non-hydrogen) atoms. The van der Waals surface area contributed by atoms with Crippen molar-refractivity contribution in [1.82, 2.24) is 10.2 Å². The molecule has 116 valence electrons. The van der Waals surface area contributed by atoms with E-state index in [2.05, 4.69) is 0 Å². The molecule has 2 amide bonds. The van der Waals surface area contributed by atoms with Gasteiger partial charge in [0.15, 0.2) is 0 Å². The summed E-state index contributed by atoms with van der Waals surface area (Å²) in [7, 11) is 0. The minimum atomic E-state index is -4.91. The maximum atomic E-state index is 12.1. The summed E-state index contributed by atoms with van der Waals surface area (Å²) in [6.45, 7) is 4.86. The summed E-state index contributed by atoms with van der Waals surface area (Å²) in [5, 5.41) is 1.79. The van der Waals surface area contributed by atoms with Crippen LogP contribution in [0.5, 0.6) is 0 Å². The highest BCUT2D eigenvalue weighted by Gasteiger charge is 2.40. The van der Waals surface area contributed by atoms with Crippen LogP contribution in [0.3, 0.4) is 0 Å². The van der Waals surface area contributed by atoms with Crippen LogP contribution < -0.4 is 5.32 Å². The molecule has 0 spiro atoms. The molecule has 9 heteroatoms. The summed E-state index contributed by atoms with van der Waals surface area (Å²) in [5.41, 5.74) is -0.676. The van der Waals surface area contributed by atoms with Crippen molar-refractivity contribution in [3.63, 3.8) is 0 Å². The number of alkyl halides is 3. The average Bonchev–Trinajstić information content (AvgIpc) is 2.70. The minimum Gasteiger partial charge on any atom is -0.444 e. The quantitative estimate of drug-likeness (QED) is 0.847. The van der Waals surface area contributed by atoms with E-state index in [1.807, 2.05) is 0 Å². The van der Waals surface area contributed by atoms with Crippen molar-refractivity contribution in [1.29, 1.82) is 0 Å². The number of hydrogen-bond acceptors (Lipinski definition) is 4. The topological polar surface area (TPSA) is 58.6 Å². The number of ether oxygens (including phenoxy) is 1. The highest BCUT2D eigenvalue weighted by Crippen LogP contribution is 2.23. The fourth-order valence-corrected chi connectivity index (χ4v) is 2.67. The first-order valence-corrected chi connectivity index (χ1v) is 7.08. The summed E-state index contributed by atoms with van der Waals surface area (Å²) in [5.74, 6) is -1.21. The maximum absolute atomic E-state index is 12.1. The lowest BCUT2D eigenvalue weighted by atomic mass is 10.2. The second kappa shape index (κ2) is 6.11. The zero-order valence-corrected chi connectivity index (χ0v) is 12.2. The Morgan fingerprint density at radius 3 is 2.45 bits per heavy atom. The number of hydrogen-bond donors (Lipinski definition) is 1. The molecule has 1 saturated heterocycles. The first kappa shape index (κ1) is 16.9. The van der Waals surface area contributed by atoms with E-state index in [4.69, 9.17) is 4.74 Å². The molecule has 1 aliphatic rings. The normalized spacial score (nSPS) is 19.9. The van der Waals surface area contributed by atoms with Crippen LogP contribution >= 0.6 is 11.8 Å². The van der Waals surface area contributed by atoms with Gasteiger partial charge in [0.1, 0.15) is 5.60 Å². The van der Waals surface area contributed by atoms with E-state index < -0.39 is 29.8 Å². The van der Waals surface area contributed by atoms with Gasteiger partial charge in [0, 0.05) is 12.3 Å². The number of nitrogens with one attached hydrogen (secondary N) is 1. The van der Waals surface area contributed by atoms with Crippen LogP contribution in [0.4, 0.5) is 18.0 Å². The van der Waals surface area contributed by atoms with Crippen LogP contribution in [0, 0.1) is 0 Å². The van der Waals surface area contributed by atoms with Crippen molar-refractivity contribution in [3.8, 4) is 0 Å². The van der Waals surface area contributed by atoms with Crippen molar-refractivity contribution >= 4 is 23.8 Å². The van der Waals surface area contributed by atoms with Crippen molar-refractivity contribution in [3.05, 3.63) is 0 Å². The molecule has 0 aromatic carbocycles. The predicted octanol–water partition coefficient (Wildman–Crippen LogP) is 1.97. The molecule has 1 atom stereocenters. The van der Waals surface area contributed by atoms with Gasteiger partial charge in [0.05, 0.1) is 11.9 Å². The second-order valence-electron chi connectivity index (χ2n) is 5.31. The van der Waals surface area contributed by atoms with Gasteiger partial charge >= 0.3 is 18.2 Å². The molecule has 1 N–H and O–H groups in total. The SMILES string of the molecule is CC(C)(C)OC(=O)N1CSCC1CNC(=O)C(F)(F)F. The summed E-state index contributed by atoms with van der Waals surface area (Å²) >= 11 is 1.40. The Morgan fingerprint density at radius 1 is 1.35 bits per heavy atom. The zero-order valence-electron chi connectivity index (χ0n) is 11.4. The number of thioether (sulfide) groups is 1. The standard InChI is InChI=1S/C11H17F3N2O3S/c1-10(2,3)19-9(18)16-6-20-5-7(16)4-15-8(17)11(12,13)14/h7H,4-6H2,1-3H3,(H,15,17). The first-order valence-electron chi connectivity index (χ1n) is 5.93. The lowest BCUT2D eigenvalue weighted by molar-refractivity contribution is -0.173. The molecule has 1 rings (SSSR count). The van der Waals surface area contributed by atoms with E-state index in [0.29, 0.717) is 11.6 Å². The Bertz CT molecular complexity index is 382. The van der Waals surface area contributed by atoms with E-state index in [0.717, 1.165) is 0 Å². The molecule has 5 nitrogen and oxygen atoms in total. The van der Waals surface area contributed by atoms with Crippen molar-refractivity contribution in [2.24, 2.45) is 0 Å². The van der Waals surface area contributed by atoms with E-state index in [1.165, 1.54) is 16.7 Å². The van der Waals surface area contributed by atoms with Gasteiger partial charge in [-0.25, -0.2) is 4.79 Å². The monoisotopic (exact) mass is 314 g/mol. The van der Waals surface area contributed by atoms with Gasteiger partial charge in [-0.05, 0) is 20.8 Å². The molecular weight excluding hydrogens is 297 g/mol. The highest BCUT2D eigenvalue weighted by molar-refractivity contribution is 7.99. The van der Waals surface area contributed by atoms with Crippen LogP contribution in [0.25, 0.3) is 0 Å². The molecule has 1 unspecified atom stereocenters. The van der Waals surface area contributed by atoms with Crippen LogP contribution in [-0.4, -0.2) is 52.9 Å². The van der Waals surface area contributed by atoms with Crippen molar-refractivity contribution in [2.75, 3.05) is 18.2 Å². The molecule has 0 aliphatic carbocycles. The molecule has 1 heterocycles. The Morgan fingerprint density at radius 2 is 1.95 bits per heavy atom. The Kier molecular flexibility index (Phi) is 5.17. The number of amides is 2. The number of rotatable bonds is 2. The smallest absolute Gasteiger partial charge is 0.444 e. The van der Waals surface area contributed by atoms with Crippen molar-refractivity contribution in [2.45, 2.75) is 38.6 Å². The van der Waals surface area contributed by atoms with Gasteiger partial charge in [0.2, 0.25) is 0 Å². The summed E-state index contributed by atoms with van der Waals surface area (Å²) in [4.78, 5) is 23.9. The van der Waals surface area contributed by atoms with Gasteiger partial charge in [-0.2, -0.15) is 13.2 Å². The lowest BCUT2D eigenvalue weighted by Gasteiger charge is -2.28. The van der Waals surface area contributed by atoms with Crippen LogP contribution in [0.1, 0.15) is 20.8 Å². The summed E-state index contributed by atoms with van der Waals surface area (Å²) in [6.07, 6.45) is -5.50. The van der Waals surface area contributed by atoms with Gasteiger partial charge in [-0.3, -0.25) is 9.69 Å². The fraction of sp³-hybridized carbons (Fsp3) is 0.818. The zero-order chi connectivity index (χ0) is 15.6. The predicted molar refractivity (Wildman–Crippen MR) is 68.3 cm³/mol. The molecule has 0 aromatic rings. The average molecular weight is 314 g/mol. The van der Waals surface area contributed by atoms with E-state index in [9.17, 15) is 22.8 Å². The molecule has 0 saturated carbocycles. The molecule has 0 radical (unpaired) electrons. The van der Waals surface area contributed by atoms with Gasteiger partial charge < -0.3 is 10.1 Å². The highest BCUT2D eigenvalue weighted by atomic mass is 32.2. The number of carbonyl (C=O) groups is 2. The van der Waals surface area contributed by atoms with Gasteiger partial charge in [-0.15, -0.1) is 11.8 Å². The van der Waals surface area contributed by atoms with Gasteiger partial charge in [-0.1, -0.05) is 0 Å². The second-order valence-corrected chi connectivity index (χ2v) is 6.31. The Hall–Kier alpha value is -1.12. The fourth-order valence-electron chi connectivity index (χ4n) is 1.48. The van der Waals surface area contributed by atoms with E-state index in [-0.39, 0.29) is 6.54 Å². The minimum absolute atomic E-state index is 0.245. The largest absolute Gasteiger partial charge is 0.471 e. The number of halogens is 3. The summed E-state index contributed by atoms with van der Waals surface area (Å²) in [6, 6.07) is -0.499. The lowest BCUT2D eigenvalue weighted by Crippen LogP contribution is -2.48. The van der Waals surface area contributed by atoms with Crippen LogP contribution in [0.15, 0.2) is 0 Å². The van der Waals surface area contributed by atoms with Crippen molar-refractivity contribution < 1.29 is 27.5 Å². The molecule has 1 fully saturated rings. The number of carbonyl (C=O) groups excluding carboxylic acids is 2.